The zero-order valence-electron chi connectivity index (χ0n) is 11.6. The number of pyridine rings is 1. The Balaban J connectivity index is 1.58. The number of carbonyl (C=O) groups excluding carboxylic acids is 1. The largest absolute Gasteiger partial charge is 0.465 e. The summed E-state index contributed by atoms with van der Waals surface area (Å²) < 4.78 is 6.72. The summed E-state index contributed by atoms with van der Waals surface area (Å²) in [5.74, 6) is 0.527. The minimum atomic E-state index is -0.324. The lowest BCUT2D eigenvalue weighted by molar-refractivity contribution is -0.111. The Morgan fingerprint density at radius 1 is 1.36 bits per heavy atom. The molecule has 1 N–H and O–H groups in total. The molecule has 0 bridgehead atoms. The predicted molar refractivity (Wildman–Crippen MR) is 79.7 cm³/mol. The predicted octanol–water partition coefficient (Wildman–Crippen LogP) is 1.97. The topological polar surface area (TPSA) is 85.8 Å². The van der Waals surface area contributed by atoms with E-state index in [1.165, 1.54) is 6.08 Å². The summed E-state index contributed by atoms with van der Waals surface area (Å²) in [5.41, 5.74) is 1.00. The molecule has 3 rings (SSSR count). The molecule has 0 spiro atoms. The number of hydrogen-bond acceptors (Lipinski definition) is 5. The van der Waals surface area contributed by atoms with Gasteiger partial charge >= 0.3 is 0 Å². The summed E-state index contributed by atoms with van der Waals surface area (Å²) in [6, 6.07) is 7.30. The molecular weight excluding hydrogens is 282 g/mol. The molecule has 0 radical (unpaired) electrons. The second-order valence-electron chi connectivity index (χ2n) is 4.47. The van der Waals surface area contributed by atoms with E-state index in [0.717, 1.165) is 5.56 Å². The molecule has 0 aromatic carbocycles. The number of anilines is 1. The van der Waals surface area contributed by atoms with Crippen molar-refractivity contribution in [2.45, 2.75) is 6.54 Å². The van der Waals surface area contributed by atoms with Crippen molar-refractivity contribution in [3.63, 3.8) is 0 Å². The highest BCUT2D eigenvalue weighted by atomic mass is 16.3. The molecule has 110 valence electrons. The van der Waals surface area contributed by atoms with Crippen LogP contribution in [0.1, 0.15) is 11.3 Å². The van der Waals surface area contributed by atoms with E-state index in [1.807, 2.05) is 12.1 Å². The number of nitrogens with zero attached hydrogens (tertiary/aromatic N) is 4. The molecule has 0 aliphatic rings. The second-order valence-corrected chi connectivity index (χ2v) is 4.47. The van der Waals surface area contributed by atoms with E-state index >= 15 is 0 Å². The van der Waals surface area contributed by atoms with Gasteiger partial charge in [0.2, 0.25) is 5.95 Å². The maximum atomic E-state index is 11.7. The van der Waals surface area contributed by atoms with E-state index in [2.05, 4.69) is 20.4 Å². The molecule has 7 nitrogen and oxygen atoms in total. The monoisotopic (exact) mass is 295 g/mol. The fraction of sp³-hybridized carbons (Fsp3) is 0.0667. The van der Waals surface area contributed by atoms with Crippen molar-refractivity contribution in [3.8, 4) is 0 Å². The van der Waals surface area contributed by atoms with Crippen LogP contribution in [0.25, 0.3) is 6.08 Å². The maximum absolute atomic E-state index is 11.7. The van der Waals surface area contributed by atoms with Gasteiger partial charge in [-0.3, -0.25) is 15.1 Å². The van der Waals surface area contributed by atoms with Crippen LogP contribution in [0.15, 0.2) is 59.7 Å². The third-order valence-corrected chi connectivity index (χ3v) is 2.78. The van der Waals surface area contributed by atoms with E-state index in [9.17, 15) is 4.79 Å². The number of amides is 1. The standard InChI is InChI=1S/C15H13N5O2/c21-14(6-5-13-4-2-8-22-13)18-15-17-11-20(19-15)10-12-3-1-7-16-9-12/h1-9,11H,10H2,(H,18,19,21). The Bertz CT molecular complexity index is 762. The van der Waals surface area contributed by atoms with Gasteiger partial charge in [-0.25, -0.2) is 9.67 Å². The quantitative estimate of drug-likeness (QED) is 0.727. The summed E-state index contributed by atoms with van der Waals surface area (Å²) in [4.78, 5) is 19.8. The average Bonchev–Trinajstić information content (AvgIpc) is 3.18. The summed E-state index contributed by atoms with van der Waals surface area (Å²) >= 11 is 0. The van der Waals surface area contributed by atoms with Crippen molar-refractivity contribution in [1.29, 1.82) is 0 Å². The Morgan fingerprint density at radius 3 is 3.09 bits per heavy atom. The third-order valence-electron chi connectivity index (χ3n) is 2.78. The van der Waals surface area contributed by atoms with Gasteiger partial charge in [0, 0.05) is 18.5 Å². The first-order valence-electron chi connectivity index (χ1n) is 6.60. The number of nitrogens with one attached hydrogen (secondary N) is 1. The minimum absolute atomic E-state index is 0.248. The van der Waals surface area contributed by atoms with Gasteiger partial charge in [0.05, 0.1) is 12.8 Å². The van der Waals surface area contributed by atoms with Gasteiger partial charge in [0.15, 0.2) is 0 Å². The Labute approximate surface area is 126 Å². The van der Waals surface area contributed by atoms with Crippen LogP contribution in [-0.4, -0.2) is 25.7 Å². The van der Waals surface area contributed by atoms with Crippen LogP contribution < -0.4 is 5.32 Å². The first kappa shape index (κ1) is 13.7. The smallest absolute Gasteiger partial charge is 0.250 e. The van der Waals surface area contributed by atoms with Gasteiger partial charge in [-0.15, -0.1) is 5.10 Å². The van der Waals surface area contributed by atoms with Gasteiger partial charge in [0.25, 0.3) is 5.91 Å². The summed E-state index contributed by atoms with van der Waals surface area (Å²) in [6.45, 7) is 0.541. The lowest BCUT2D eigenvalue weighted by Crippen LogP contribution is -2.10. The van der Waals surface area contributed by atoms with E-state index in [-0.39, 0.29) is 11.9 Å². The summed E-state index contributed by atoms with van der Waals surface area (Å²) in [6.07, 6.45) is 9.49. The van der Waals surface area contributed by atoms with Gasteiger partial charge in [-0.05, 0) is 29.8 Å². The maximum Gasteiger partial charge on any atom is 0.250 e. The van der Waals surface area contributed by atoms with Crippen LogP contribution in [0.3, 0.4) is 0 Å². The number of furan rings is 1. The van der Waals surface area contributed by atoms with Crippen molar-refractivity contribution in [3.05, 3.63) is 66.6 Å². The molecule has 7 heteroatoms. The molecule has 0 saturated heterocycles. The Kier molecular flexibility index (Phi) is 4.05. The Morgan fingerprint density at radius 2 is 2.32 bits per heavy atom. The van der Waals surface area contributed by atoms with E-state index in [4.69, 9.17) is 4.42 Å². The van der Waals surface area contributed by atoms with Crippen LogP contribution in [0.4, 0.5) is 5.95 Å². The fourth-order valence-electron chi connectivity index (χ4n) is 1.80. The molecular formula is C15H13N5O2. The first-order chi connectivity index (χ1) is 10.8. The van der Waals surface area contributed by atoms with Crippen molar-refractivity contribution in [1.82, 2.24) is 19.7 Å². The number of aromatic nitrogens is 4. The highest BCUT2D eigenvalue weighted by Gasteiger charge is 2.04. The van der Waals surface area contributed by atoms with Gasteiger partial charge < -0.3 is 4.42 Å². The Hall–Kier alpha value is -3.22. The number of rotatable bonds is 5. The lowest BCUT2D eigenvalue weighted by atomic mass is 10.3. The molecule has 0 fully saturated rings. The highest BCUT2D eigenvalue weighted by Crippen LogP contribution is 2.04. The molecule has 3 heterocycles. The zero-order valence-corrected chi connectivity index (χ0v) is 11.6. The van der Waals surface area contributed by atoms with E-state index in [1.54, 1.807) is 47.9 Å². The summed E-state index contributed by atoms with van der Waals surface area (Å²) in [5, 5.41) is 6.76. The molecule has 1 amide bonds. The molecule has 0 saturated carbocycles. The lowest BCUT2D eigenvalue weighted by Gasteiger charge is -1.99. The minimum Gasteiger partial charge on any atom is -0.465 e. The molecule has 22 heavy (non-hydrogen) atoms. The normalized spacial score (nSPS) is 10.9. The van der Waals surface area contributed by atoms with Crippen LogP contribution in [0, 0.1) is 0 Å². The number of carbonyl (C=O) groups is 1. The van der Waals surface area contributed by atoms with Crippen molar-refractivity contribution in [2.75, 3.05) is 5.32 Å². The van der Waals surface area contributed by atoms with E-state index < -0.39 is 0 Å². The molecule has 3 aromatic heterocycles. The fourth-order valence-corrected chi connectivity index (χ4v) is 1.80. The zero-order chi connectivity index (χ0) is 15.2. The van der Waals surface area contributed by atoms with E-state index in [0.29, 0.717) is 12.3 Å². The third kappa shape index (κ3) is 3.66. The second kappa shape index (κ2) is 6.49. The van der Waals surface area contributed by atoms with Crippen LogP contribution in [-0.2, 0) is 11.3 Å². The molecule has 0 unspecified atom stereocenters. The van der Waals surface area contributed by atoms with Crippen LogP contribution in [0.5, 0.6) is 0 Å². The van der Waals surface area contributed by atoms with Gasteiger partial charge in [-0.2, -0.15) is 0 Å². The highest BCUT2D eigenvalue weighted by molar-refractivity contribution is 6.00. The van der Waals surface area contributed by atoms with Gasteiger partial charge in [-0.1, -0.05) is 6.07 Å². The SMILES string of the molecule is O=C(C=Cc1ccco1)Nc1ncn(Cc2cccnc2)n1. The van der Waals surface area contributed by atoms with Crippen molar-refractivity contribution in [2.24, 2.45) is 0 Å². The van der Waals surface area contributed by atoms with Crippen LogP contribution in [0.2, 0.25) is 0 Å². The molecule has 0 aliphatic heterocycles. The molecule has 3 aromatic rings. The van der Waals surface area contributed by atoms with Crippen LogP contribution >= 0.6 is 0 Å². The van der Waals surface area contributed by atoms with Gasteiger partial charge in [0.1, 0.15) is 12.1 Å². The average molecular weight is 295 g/mol. The molecule has 0 atom stereocenters. The molecule has 0 aliphatic carbocycles. The van der Waals surface area contributed by atoms with Crippen molar-refractivity contribution >= 4 is 17.9 Å². The van der Waals surface area contributed by atoms with Crippen molar-refractivity contribution < 1.29 is 9.21 Å². The number of hydrogen-bond donors (Lipinski definition) is 1. The summed E-state index contributed by atoms with van der Waals surface area (Å²) in [7, 11) is 0. The first-order valence-corrected chi connectivity index (χ1v) is 6.60.